The average molecular weight is 450 g/mol. The third-order valence-electron chi connectivity index (χ3n) is 5.29. The van der Waals surface area contributed by atoms with Gasteiger partial charge in [0.1, 0.15) is 5.82 Å². The monoisotopic (exact) mass is 450 g/mol. The molecule has 11 heteroatoms. The smallest absolute Gasteiger partial charge is 0.289 e. The predicted molar refractivity (Wildman–Crippen MR) is 111 cm³/mol. The van der Waals surface area contributed by atoms with E-state index in [9.17, 15) is 27.7 Å². The number of rotatable bonds is 7. The standard InChI is InChI=1S/C20H23FN4O5S/c1-15(20(26)22-14-16-6-2-3-7-17(16)21)23-10-12-24(13-11-23)31(29,30)19-9-5-4-8-18(19)25(27)28/h2-9,15H,10-14H2,1H3,(H,22,26). The second-order valence-corrected chi connectivity index (χ2v) is 9.06. The zero-order valence-corrected chi connectivity index (χ0v) is 17.7. The number of nitrogens with one attached hydrogen (secondary N) is 1. The van der Waals surface area contributed by atoms with Gasteiger partial charge in [0, 0.05) is 44.4 Å². The van der Waals surface area contributed by atoms with Gasteiger partial charge in [-0.05, 0) is 19.1 Å². The SMILES string of the molecule is CC(C(=O)NCc1ccccc1F)N1CCN(S(=O)(=O)c2ccccc2[N+](=O)[O-])CC1. The van der Waals surface area contributed by atoms with E-state index >= 15 is 0 Å². The maximum atomic E-state index is 13.7. The normalized spacial score (nSPS) is 16.6. The number of para-hydroxylation sites is 1. The van der Waals surface area contributed by atoms with Crippen molar-refractivity contribution < 1.29 is 22.5 Å². The van der Waals surface area contributed by atoms with Crippen LogP contribution < -0.4 is 5.32 Å². The van der Waals surface area contributed by atoms with Crippen LogP contribution in [0.15, 0.2) is 53.4 Å². The van der Waals surface area contributed by atoms with Crippen molar-refractivity contribution in [2.75, 3.05) is 26.2 Å². The van der Waals surface area contributed by atoms with Crippen molar-refractivity contribution in [2.24, 2.45) is 0 Å². The van der Waals surface area contributed by atoms with E-state index in [2.05, 4.69) is 5.32 Å². The molecule has 0 bridgehead atoms. The van der Waals surface area contributed by atoms with Gasteiger partial charge in [0.15, 0.2) is 4.90 Å². The van der Waals surface area contributed by atoms with E-state index < -0.39 is 32.5 Å². The molecule has 2 aromatic carbocycles. The number of carbonyl (C=O) groups excluding carboxylic acids is 1. The van der Waals surface area contributed by atoms with Crippen LogP contribution in [0.2, 0.25) is 0 Å². The topological polar surface area (TPSA) is 113 Å². The van der Waals surface area contributed by atoms with Crippen LogP contribution in [0.4, 0.5) is 10.1 Å². The highest BCUT2D eigenvalue weighted by Gasteiger charge is 2.35. The molecule has 0 saturated carbocycles. The number of carbonyl (C=O) groups is 1. The second-order valence-electron chi connectivity index (χ2n) is 7.15. The second kappa shape index (κ2) is 9.50. The summed E-state index contributed by atoms with van der Waals surface area (Å²) in [7, 11) is -4.04. The van der Waals surface area contributed by atoms with Crippen LogP contribution in [0.3, 0.4) is 0 Å². The largest absolute Gasteiger partial charge is 0.351 e. The van der Waals surface area contributed by atoms with Crippen molar-refractivity contribution >= 4 is 21.6 Å². The maximum Gasteiger partial charge on any atom is 0.289 e. The zero-order valence-electron chi connectivity index (χ0n) is 16.9. The number of halogens is 1. The third-order valence-corrected chi connectivity index (χ3v) is 7.24. The van der Waals surface area contributed by atoms with Crippen molar-refractivity contribution in [1.29, 1.82) is 0 Å². The summed E-state index contributed by atoms with van der Waals surface area (Å²) in [6.07, 6.45) is 0. The summed E-state index contributed by atoms with van der Waals surface area (Å²) in [5, 5.41) is 13.9. The van der Waals surface area contributed by atoms with Crippen molar-refractivity contribution in [3.05, 3.63) is 70.0 Å². The van der Waals surface area contributed by atoms with Gasteiger partial charge in [-0.15, -0.1) is 0 Å². The third kappa shape index (κ3) is 5.06. The fraction of sp³-hybridized carbons (Fsp3) is 0.350. The Bertz CT molecular complexity index is 1070. The molecule has 0 aliphatic carbocycles. The van der Waals surface area contributed by atoms with E-state index in [4.69, 9.17) is 0 Å². The van der Waals surface area contributed by atoms with E-state index in [0.29, 0.717) is 5.56 Å². The van der Waals surface area contributed by atoms with Crippen LogP contribution in [0.1, 0.15) is 12.5 Å². The minimum Gasteiger partial charge on any atom is -0.351 e. The number of nitro groups is 1. The molecule has 9 nitrogen and oxygen atoms in total. The molecule has 0 radical (unpaired) electrons. The Labute approximate surface area is 179 Å². The van der Waals surface area contributed by atoms with E-state index in [1.54, 1.807) is 25.1 Å². The molecule has 1 aliphatic rings. The molecule has 1 fully saturated rings. The summed E-state index contributed by atoms with van der Waals surface area (Å²) in [4.78, 5) is 24.4. The first kappa shape index (κ1) is 22.8. The summed E-state index contributed by atoms with van der Waals surface area (Å²) < 4.78 is 40.7. The molecule has 3 rings (SSSR count). The van der Waals surface area contributed by atoms with Crippen LogP contribution in [0.5, 0.6) is 0 Å². The van der Waals surface area contributed by atoms with Gasteiger partial charge in [0.05, 0.1) is 11.0 Å². The summed E-state index contributed by atoms with van der Waals surface area (Å²) in [6, 6.07) is 10.9. The Hall–Kier alpha value is -2.89. The average Bonchev–Trinajstić information content (AvgIpc) is 2.78. The molecular formula is C20H23FN4O5S. The van der Waals surface area contributed by atoms with Gasteiger partial charge >= 0.3 is 0 Å². The van der Waals surface area contributed by atoms with E-state index in [1.165, 1.54) is 28.6 Å². The van der Waals surface area contributed by atoms with Gasteiger partial charge in [-0.1, -0.05) is 30.3 Å². The zero-order chi connectivity index (χ0) is 22.6. The quantitative estimate of drug-likeness (QED) is 0.508. The number of sulfonamides is 1. The number of hydrogen-bond donors (Lipinski definition) is 1. The molecule has 1 saturated heterocycles. The lowest BCUT2D eigenvalue weighted by molar-refractivity contribution is -0.387. The molecule has 2 aromatic rings. The molecule has 0 spiro atoms. The summed E-state index contributed by atoms with van der Waals surface area (Å²) in [5.41, 5.74) is -0.0887. The van der Waals surface area contributed by atoms with Crippen LogP contribution in [-0.2, 0) is 21.4 Å². The molecule has 1 amide bonds. The van der Waals surface area contributed by atoms with E-state index in [-0.39, 0.29) is 43.5 Å². The fourth-order valence-corrected chi connectivity index (χ4v) is 5.01. The van der Waals surface area contributed by atoms with Crippen LogP contribution >= 0.6 is 0 Å². The van der Waals surface area contributed by atoms with Crippen molar-refractivity contribution in [3.63, 3.8) is 0 Å². The highest BCUT2D eigenvalue weighted by molar-refractivity contribution is 7.89. The van der Waals surface area contributed by atoms with Crippen molar-refractivity contribution in [1.82, 2.24) is 14.5 Å². The van der Waals surface area contributed by atoms with Crippen molar-refractivity contribution in [2.45, 2.75) is 24.4 Å². The number of nitrogens with zero attached hydrogens (tertiary/aromatic N) is 3. The van der Waals surface area contributed by atoms with Gasteiger partial charge in [0.2, 0.25) is 15.9 Å². The molecule has 1 heterocycles. The first-order chi connectivity index (χ1) is 14.7. The lowest BCUT2D eigenvalue weighted by atomic mass is 10.2. The highest BCUT2D eigenvalue weighted by Crippen LogP contribution is 2.27. The fourth-order valence-electron chi connectivity index (χ4n) is 3.43. The summed E-state index contributed by atoms with van der Waals surface area (Å²) >= 11 is 0. The lowest BCUT2D eigenvalue weighted by Gasteiger charge is -2.36. The molecule has 31 heavy (non-hydrogen) atoms. The molecule has 166 valence electrons. The molecule has 1 N–H and O–H groups in total. The first-order valence-corrected chi connectivity index (χ1v) is 11.1. The number of hydrogen-bond acceptors (Lipinski definition) is 6. The number of amides is 1. The minimum atomic E-state index is -4.04. The van der Waals surface area contributed by atoms with Gasteiger partial charge < -0.3 is 5.32 Å². The lowest BCUT2D eigenvalue weighted by Crippen LogP contribution is -2.54. The Kier molecular flexibility index (Phi) is 6.98. The Morgan fingerprint density at radius 1 is 1.13 bits per heavy atom. The van der Waals surface area contributed by atoms with Gasteiger partial charge in [-0.25, -0.2) is 12.8 Å². The van der Waals surface area contributed by atoms with E-state index in [1.807, 2.05) is 4.90 Å². The maximum absolute atomic E-state index is 13.7. The number of nitro benzene ring substituents is 1. The highest BCUT2D eigenvalue weighted by atomic mass is 32.2. The molecule has 1 unspecified atom stereocenters. The molecular weight excluding hydrogens is 427 g/mol. The van der Waals surface area contributed by atoms with Crippen LogP contribution in [-0.4, -0.2) is 60.7 Å². The Morgan fingerprint density at radius 2 is 1.74 bits per heavy atom. The molecule has 1 atom stereocenters. The number of piperazine rings is 1. The summed E-state index contributed by atoms with van der Waals surface area (Å²) in [5.74, 6) is -0.692. The van der Waals surface area contributed by atoms with Gasteiger partial charge in [0.25, 0.3) is 5.69 Å². The van der Waals surface area contributed by atoms with E-state index in [0.717, 1.165) is 6.07 Å². The minimum absolute atomic E-state index is 0.0574. The Morgan fingerprint density at radius 3 is 2.39 bits per heavy atom. The summed E-state index contributed by atoms with van der Waals surface area (Å²) in [6.45, 7) is 2.52. The Balaban J connectivity index is 1.60. The first-order valence-electron chi connectivity index (χ1n) is 9.70. The number of benzene rings is 2. The van der Waals surface area contributed by atoms with Crippen LogP contribution in [0, 0.1) is 15.9 Å². The molecule has 0 aromatic heterocycles. The van der Waals surface area contributed by atoms with Crippen molar-refractivity contribution in [3.8, 4) is 0 Å². The molecule has 1 aliphatic heterocycles. The predicted octanol–water partition coefficient (Wildman–Crippen LogP) is 1.75. The van der Waals surface area contributed by atoms with Gasteiger partial charge in [-0.3, -0.25) is 19.8 Å². The van der Waals surface area contributed by atoms with Crippen LogP contribution in [0.25, 0.3) is 0 Å². The van der Waals surface area contributed by atoms with Gasteiger partial charge in [-0.2, -0.15) is 4.31 Å².